The van der Waals surface area contributed by atoms with Crippen LogP contribution in [0.25, 0.3) is 0 Å². The van der Waals surface area contributed by atoms with E-state index in [9.17, 15) is 9.59 Å². The summed E-state index contributed by atoms with van der Waals surface area (Å²) in [4.78, 5) is 24.7. The van der Waals surface area contributed by atoms with Crippen molar-refractivity contribution < 1.29 is 14.3 Å². The maximum absolute atomic E-state index is 12.8. The SMILES string of the molecule is Cc1cc(C)n(C(C)C(=O)NC(C)(CNC(=O)OC(C)(C)C)C(C)C)n1. The molecule has 2 atom stereocenters. The highest BCUT2D eigenvalue weighted by Crippen LogP contribution is 2.19. The lowest BCUT2D eigenvalue weighted by Crippen LogP contribution is -2.58. The van der Waals surface area contributed by atoms with E-state index in [2.05, 4.69) is 15.7 Å². The van der Waals surface area contributed by atoms with E-state index in [1.54, 1.807) is 4.68 Å². The molecule has 26 heavy (non-hydrogen) atoms. The highest BCUT2D eigenvalue weighted by Gasteiger charge is 2.33. The van der Waals surface area contributed by atoms with Gasteiger partial charge in [0.25, 0.3) is 0 Å². The molecule has 1 rings (SSSR count). The van der Waals surface area contributed by atoms with Gasteiger partial charge in [-0.3, -0.25) is 9.48 Å². The minimum atomic E-state index is -0.613. The van der Waals surface area contributed by atoms with E-state index in [-0.39, 0.29) is 18.4 Å². The van der Waals surface area contributed by atoms with Crippen molar-refractivity contribution in [2.24, 2.45) is 5.92 Å². The number of nitrogens with one attached hydrogen (secondary N) is 2. The molecule has 7 heteroatoms. The number of hydrogen-bond donors (Lipinski definition) is 2. The van der Waals surface area contributed by atoms with E-state index >= 15 is 0 Å². The third-order valence-electron chi connectivity index (χ3n) is 4.47. The van der Waals surface area contributed by atoms with Gasteiger partial charge in [0, 0.05) is 12.2 Å². The molecule has 0 aliphatic heterocycles. The Kier molecular flexibility index (Phi) is 6.85. The molecule has 0 aliphatic rings. The fourth-order valence-electron chi connectivity index (χ4n) is 2.50. The lowest BCUT2D eigenvalue weighted by atomic mass is 9.88. The Morgan fingerprint density at radius 2 is 1.77 bits per heavy atom. The van der Waals surface area contributed by atoms with E-state index in [4.69, 9.17) is 4.74 Å². The Morgan fingerprint density at radius 3 is 2.19 bits per heavy atom. The summed E-state index contributed by atoms with van der Waals surface area (Å²) in [6.07, 6.45) is -0.495. The van der Waals surface area contributed by atoms with Crippen LogP contribution in [0.15, 0.2) is 6.07 Å². The molecule has 0 spiro atoms. The van der Waals surface area contributed by atoms with Gasteiger partial charge in [-0.1, -0.05) is 13.8 Å². The van der Waals surface area contributed by atoms with E-state index in [1.807, 2.05) is 68.4 Å². The monoisotopic (exact) mass is 366 g/mol. The van der Waals surface area contributed by atoms with Gasteiger partial charge in [-0.15, -0.1) is 0 Å². The summed E-state index contributed by atoms with van der Waals surface area (Å²) in [5.74, 6) is -0.0348. The van der Waals surface area contributed by atoms with Crippen LogP contribution < -0.4 is 10.6 Å². The van der Waals surface area contributed by atoms with Gasteiger partial charge >= 0.3 is 6.09 Å². The molecule has 7 nitrogen and oxygen atoms in total. The van der Waals surface area contributed by atoms with Crippen LogP contribution in [0.2, 0.25) is 0 Å². The summed E-state index contributed by atoms with van der Waals surface area (Å²) in [7, 11) is 0. The van der Waals surface area contributed by atoms with E-state index in [0.717, 1.165) is 11.4 Å². The van der Waals surface area contributed by atoms with Crippen molar-refractivity contribution in [3.63, 3.8) is 0 Å². The fourth-order valence-corrected chi connectivity index (χ4v) is 2.50. The smallest absolute Gasteiger partial charge is 0.407 e. The van der Waals surface area contributed by atoms with Gasteiger partial charge in [0.15, 0.2) is 0 Å². The molecule has 1 aromatic heterocycles. The topological polar surface area (TPSA) is 85.2 Å². The van der Waals surface area contributed by atoms with E-state index in [0.29, 0.717) is 0 Å². The fraction of sp³-hybridized carbons (Fsp3) is 0.737. The molecule has 148 valence electrons. The Hall–Kier alpha value is -2.05. The average Bonchev–Trinajstić information content (AvgIpc) is 2.81. The first kappa shape index (κ1) is 22.0. The van der Waals surface area contributed by atoms with Gasteiger partial charge < -0.3 is 15.4 Å². The van der Waals surface area contributed by atoms with Crippen LogP contribution in [-0.2, 0) is 9.53 Å². The maximum atomic E-state index is 12.8. The maximum Gasteiger partial charge on any atom is 0.407 e. The summed E-state index contributed by atoms with van der Waals surface area (Å²) in [6, 6.07) is 1.50. The molecule has 1 aromatic rings. The zero-order valence-corrected chi connectivity index (χ0v) is 17.6. The molecule has 2 N–H and O–H groups in total. The molecule has 0 saturated heterocycles. The molecule has 0 radical (unpaired) electrons. The number of nitrogens with zero attached hydrogens (tertiary/aromatic N) is 2. The Balaban J connectivity index is 2.81. The van der Waals surface area contributed by atoms with Crippen molar-refractivity contribution in [2.45, 2.75) is 79.5 Å². The number of aryl methyl sites for hydroxylation is 2. The molecule has 0 aliphatic carbocycles. The van der Waals surface area contributed by atoms with Crippen molar-refractivity contribution in [2.75, 3.05) is 6.54 Å². The van der Waals surface area contributed by atoms with Crippen molar-refractivity contribution in [1.29, 1.82) is 0 Å². The van der Waals surface area contributed by atoms with Gasteiger partial charge in [0.2, 0.25) is 5.91 Å². The minimum absolute atomic E-state index is 0.106. The summed E-state index contributed by atoms with van der Waals surface area (Å²) < 4.78 is 6.99. The van der Waals surface area contributed by atoms with Gasteiger partial charge in [0.05, 0.1) is 11.2 Å². The van der Waals surface area contributed by atoms with Crippen LogP contribution in [0, 0.1) is 19.8 Å². The number of ether oxygens (including phenoxy) is 1. The van der Waals surface area contributed by atoms with Crippen LogP contribution in [0.4, 0.5) is 4.79 Å². The predicted molar refractivity (Wildman–Crippen MR) is 102 cm³/mol. The van der Waals surface area contributed by atoms with E-state index < -0.39 is 23.3 Å². The average molecular weight is 367 g/mol. The van der Waals surface area contributed by atoms with Crippen molar-refractivity contribution in [1.82, 2.24) is 20.4 Å². The summed E-state index contributed by atoms with van der Waals surface area (Å²) >= 11 is 0. The molecule has 0 bridgehead atoms. The highest BCUT2D eigenvalue weighted by atomic mass is 16.6. The first-order valence-corrected chi connectivity index (χ1v) is 9.07. The highest BCUT2D eigenvalue weighted by molar-refractivity contribution is 5.80. The van der Waals surface area contributed by atoms with Crippen LogP contribution in [0.1, 0.15) is 65.9 Å². The number of aromatic nitrogens is 2. The molecule has 0 saturated carbocycles. The van der Waals surface area contributed by atoms with Crippen molar-refractivity contribution in [3.05, 3.63) is 17.5 Å². The summed E-state index contributed by atoms with van der Waals surface area (Å²) in [5.41, 5.74) is 0.632. The van der Waals surface area contributed by atoms with Gasteiger partial charge in [-0.2, -0.15) is 5.10 Å². The second-order valence-electron chi connectivity index (χ2n) is 8.46. The Labute approximate surface area is 156 Å². The largest absolute Gasteiger partial charge is 0.444 e. The Morgan fingerprint density at radius 1 is 1.19 bits per heavy atom. The van der Waals surface area contributed by atoms with Crippen molar-refractivity contribution >= 4 is 12.0 Å². The minimum Gasteiger partial charge on any atom is -0.444 e. The Bertz CT molecular complexity index is 646. The number of alkyl carbamates (subject to hydrolysis) is 1. The van der Waals surface area contributed by atoms with Crippen molar-refractivity contribution in [3.8, 4) is 0 Å². The molecule has 2 amide bonds. The number of hydrogen-bond acceptors (Lipinski definition) is 4. The number of carbonyl (C=O) groups is 2. The predicted octanol–water partition coefficient (Wildman–Crippen LogP) is 3.12. The zero-order chi connectivity index (χ0) is 20.3. The normalized spacial score (nSPS) is 15.3. The number of rotatable bonds is 6. The van der Waals surface area contributed by atoms with Crippen LogP contribution >= 0.6 is 0 Å². The molecular formula is C19H34N4O3. The first-order chi connectivity index (χ1) is 11.7. The number of carbonyl (C=O) groups excluding carboxylic acids is 2. The molecule has 0 fully saturated rings. The zero-order valence-electron chi connectivity index (χ0n) is 17.6. The third kappa shape index (κ3) is 6.04. The summed E-state index contributed by atoms with van der Waals surface area (Å²) in [6.45, 7) is 17.3. The molecule has 2 unspecified atom stereocenters. The third-order valence-corrected chi connectivity index (χ3v) is 4.47. The summed E-state index contributed by atoms with van der Waals surface area (Å²) in [5, 5.41) is 10.2. The molecule has 0 aromatic carbocycles. The molecular weight excluding hydrogens is 332 g/mol. The quantitative estimate of drug-likeness (QED) is 0.810. The van der Waals surface area contributed by atoms with Gasteiger partial charge in [-0.25, -0.2) is 4.79 Å². The second kappa shape index (κ2) is 8.10. The van der Waals surface area contributed by atoms with Gasteiger partial charge in [0.1, 0.15) is 11.6 Å². The van der Waals surface area contributed by atoms with E-state index in [1.165, 1.54) is 0 Å². The van der Waals surface area contributed by atoms with Gasteiger partial charge in [-0.05, 0) is 60.5 Å². The first-order valence-electron chi connectivity index (χ1n) is 9.07. The standard InChI is InChI=1S/C19H34N4O3/c1-12(2)19(9,11-20-17(25)26-18(6,7)8)21-16(24)15(5)23-14(4)10-13(3)22-23/h10,12,15H,11H2,1-9H3,(H,20,25)(H,21,24). The lowest BCUT2D eigenvalue weighted by Gasteiger charge is -2.36. The molecule has 1 heterocycles. The van der Waals surface area contributed by atoms with Crippen LogP contribution in [-0.4, -0.2) is 39.5 Å². The second-order valence-corrected chi connectivity index (χ2v) is 8.46. The lowest BCUT2D eigenvalue weighted by molar-refractivity contribution is -0.126. The van der Waals surface area contributed by atoms with Crippen LogP contribution in [0.3, 0.4) is 0 Å². The van der Waals surface area contributed by atoms with Crippen LogP contribution in [0.5, 0.6) is 0 Å². The number of amides is 2.